The summed E-state index contributed by atoms with van der Waals surface area (Å²) in [5.74, 6) is 0.799. The van der Waals surface area contributed by atoms with E-state index in [-0.39, 0.29) is 5.60 Å². The standard InChI is InChI=1S/C18H19BrO2/c1-18(10-9-13-5-3-2-4-6-13)12-16(20)15-11-14(19)7-8-17(15)21-18/h2-8,11,16,20H,9-10,12H2,1H3/t16-,18?/m1/s1. The molecule has 0 amide bonds. The van der Waals surface area contributed by atoms with E-state index in [1.807, 2.05) is 24.3 Å². The molecular formula is C18H19BrO2. The maximum absolute atomic E-state index is 10.4. The molecule has 0 aromatic heterocycles. The minimum atomic E-state index is -0.466. The Balaban J connectivity index is 1.76. The second-order valence-corrected chi connectivity index (χ2v) is 6.86. The van der Waals surface area contributed by atoms with Gasteiger partial charge in [0.05, 0.1) is 6.10 Å². The van der Waals surface area contributed by atoms with Crippen LogP contribution in [0, 0.1) is 0 Å². The van der Waals surface area contributed by atoms with E-state index >= 15 is 0 Å². The molecule has 3 rings (SSSR count). The van der Waals surface area contributed by atoms with Crippen molar-refractivity contribution in [1.82, 2.24) is 0 Å². The summed E-state index contributed by atoms with van der Waals surface area (Å²) in [5.41, 5.74) is 1.86. The number of fused-ring (bicyclic) bond motifs is 1. The molecule has 0 saturated heterocycles. The second kappa shape index (κ2) is 5.82. The highest BCUT2D eigenvalue weighted by Gasteiger charge is 2.36. The topological polar surface area (TPSA) is 29.5 Å². The molecule has 2 aromatic rings. The third kappa shape index (κ3) is 3.30. The normalized spacial score (nSPS) is 24.2. The van der Waals surface area contributed by atoms with Crippen LogP contribution in [0.2, 0.25) is 0 Å². The van der Waals surface area contributed by atoms with Crippen LogP contribution in [0.25, 0.3) is 0 Å². The molecule has 2 aromatic carbocycles. The quantitative estimate of drug-likeness (QED) is 0.875. The van der Waals surface area contributed by atoms with Gasteiger partial charge in [-0.25, -0.2) is 0 Å². The minimum Gasteiger partial charge on any atom is -0.487 e. The van der Waals surface area contributed by atoms with E-state index in [1.54, 1.807) is 0 Å². The SMILES string of the molecule is CC1(CCc2ccccc2)C[C@@H](O)c2cc(Br)ccc2O1. The molecule has 1 aliphatic heterocycles. The van der Waals surface area contributed by atoms with Crippen LogP contribution in [0.15, 0.2) is 53.0 Å². The lowest BCUT2D eigenvalue weighted by Gasteiger charge is -2.38. The maximum Gasteiger partial charge on any atom is 0.126 e. The van der Waals surface area contributed by atoms with Gasteiger partial charge in [0.2, 0.25) is 0 Å². The predicted octanol–water partition coefficient (Wildman–Crippen LogP) is 4.66. The number of ether oxygens (including phenoxy) is 1. The first-order valence-electron chi connectivity index (χ1n) is 7.26. The van der Waals surface area contributed by atoms with Crippen molar-refractivity contribution in [2.75, 3.05) is 0 Å². The molecule has 1 unspecified atom stereocenters. The van der Waals surface area contributed by atoms with Crippen LogP contribution in [0.3, 0.4) is 0 Å². The molecule has 0 aliphatic carbocycles. The van der Waals surface area contributed by atoms with Crippen LogP contribution in [-0.4, -0.2) is 10.7 Å². The first-order valence-corrected chi connectivity index (χ1v) is 8.05. The third-order valence-corrected chi connectivity index (χ3v) is 4.59. The summed E-state index contributed by atoms with van der Waals surface area (Å²) in [6, 6.07) is 16.2. The molecule has 0 radical (unpaired) electrons. The van der Waals surface area contributed by atoms with Gasteiger partial charge in [-0.2, -0.15) is 0 Å². The van der Waals surface area contributed by atoms with E-state index in [0.29, 0.717) is 6.42 Å². The summed E-state index contributed by atoms with van der Waals surface area (Å²) in [5, 5.41) is 10.4. The molecule has 0 fully saturated rings. The van der Waals surface area contributed by atoms with Gasteiger partial charge >= 0.3 is 0 Å². The van der Waals surface area contributed by atoms with Crippen molar-refractivity contribution < 1.29 is 9.84 Å². The van der Waals surface area contributed by atoms with Crippen molar-refractivity contribution in [2.45, 2.75) is 37.9 Å². The van der Waals surface area contributed by atoms with Crippen molar-refractivity contribution in [1.29, 1.82) is 0 Å². The fourth-order valence-corrected chi connectivity index (χ4v) is 3.28. The van der Waals surface area contributed by atoms with Gasteiger partial charge in [-0.3, -0.25) is 0 Å². The van der Waals surface area contributed by atoms with Gasteiger partial charge in [0.15, 0.2) is 0 Å². The van der Waals surface area contributed by atoms with Crippen molar-refractivity contribution >= 4 is 15.9 Å². The molecule has 21 heavy (non-hydrogen) atoms. The van der Waals surface area contributed by atoms with Crippen LogP contribution in [0.4, 0.5) is 0 Å². The maximum atomic E-state index is 10.4. The Kier molecular flexibility index (Phi) is 4.05. The average molecular weight is 347 g/mol. The fraction of sp³-hybridized carbons (Fsp3) is 0.333. The summed E-state index contributed by atoms with van der Waals surface area (Å²) in [6.07, 6.45) is 2.01. The smallest absolute Gasteiger partial charge is 0.126 e. The lowest BCUT2D eigenvalue weighted by molar-refractivity contribution is -0.00676. The molecule has 0 bridgehead atoms. The molecule has 1 aliphatic rings. The van der Waals surface area contributed by atoms with Crippen LogP contribution < -0.4 is 4.74 Å². The van der Waals surface area contributed by atoms with Gasteiger partial charge in [-0.15, -0.1) is 0 Å². The summed E-state index contributed by atoms with van der Waals surface area (Å²) in [4.78, 5) is 0. The van der Waals surface area contributed by atoms with E-state index in [4.69, 9.17) is 4.74 Å². The molecule has 1 heterocycles. The highest BCUT2D eigenvalue weighted by molar-refractivity contribution is 9.10. The number of aryl methyl sites for hydroxylation is 1. The highest BCUT2D eigenvalue weighted by atomic mass is 79.9. The van der Waals surface area contributed by atoms with Crippen LogP contribution >= 0.6 is 15.9 Å². The Labute approximate surface area is 133 Å². The van der Waals surface area contributed by atoms with Gasteiger partial charge in [-0.1, -0.05) is 46.3 Å². The second-order valence-electron chi connectivity index (χ2n) is 5.94. The van der Waals surface area contributed by atoms with E-state index in [9.17, 15) is 5.11 Å². The average Bonchev–Trinajstić information content (AvgIpc) is 2.47. The summed E-state index contributed by atoms with van der Waals surface area (Å²) in [7, 11) is 0. The van der Waals surface area contributed by atoms with Crippen molar-refractivity contribution in [3.8, 4) is 5.75 Å². The number of benzene rings is 2. The van der Waals surface area contributed by atoms with E-state index in [2.05, 4.69) is 47.1 Å². The lowest BCUT2D eigenvalue weighted by atomic mass is 9.86. The minimum absolute atomic E-state index is 0.323. The van der Waals surface area contributed by atoms with Gasteiger partial charge in [0, 0.05) is 16.5 Å². The Morgan fingerprint density at radius 2 is 2.00 bits per heavy atom. The molecule has 0 saturated carbocycles. The zero-order valence-corrected chi connectivity index (χ0v) is 13.6. The molecule has 110 valence electrons. The Morgan fingerprint density at radius 3 is 2.76 bits per heavy atom. The summed E-state index contributed by atoms with van der Waals surface area (Å²) < 4.78 is 7.15. The van der Waals surface area contributed by atoms with Crippen LogP contribution in [0.5, 0.6) is 5.75 Å². The Morgan fingerprint density at radius 1 is 1.24 bits per heavy atom. The molecule has 2 nitrogen and oxygen atoms in total. The number of aliphatic hydroxyl groups is 1. The molecule has 2 atom stereocenters. The van der Waals surface area contributed by atoms with Crippen LogP contribution in [-0.2, 0) is 6.42 Å². The van der Waals surface area contributed by atoms with Gasteiger partial charge in [0.25, 0.3) is 0 Å². The zero-order valence-electron chi connectivity index (χ0n) is 12.1. The molecular weight excluding hydrogens is 328 g/mol. The predicted molar refractivity (Wildman–Crippen MR) is 87.5 cm³/mol. The van der Waals surface area contributed by atoms with Crippen molar-refractivity contribution in [2.24, 2.45) is 0 Å². The number of halogens is 1. The van der Waals surface area contributed by atoms with Gasteiger partial charge < -0.3 is 9.84 Å². The number of hydrogen-bond acceptors (Lipinski definition) is 2. The van der Waals surface area contributed by atoms with Crippen LogP contribution in [0.1, 0.15) is 37.0 Å². The molecule has 1 N–H and O–H groups in total. The van der Waals surface area contributed by atoms with Crippen molar-refractivity contribution in [3.63, 3.8) is 0 Å². The Hall–Kier alpha value is -1.32. The largest absolute Gasteiger partial charge is 0.487 e. The Bertz CT molecular complexity index is 626. The summed E-state index contributed by atoms with van der Waals surface area (Å²) in [6.45, 7) is 2.09. The summed E-state index contributed by atoms with van der Waals surface area (Å²) >= 11 is 3.44. The molecule has 3 heteroatoms. The third-order valence-electron chi connectivity index (χ3n) is 4.10. The number of aliphatic hydroxyl groups excluding tert-OH is 1. The van der Waals surface area contributed by atoms with E-state index < -0.39 is 6.10 Å². The van der Waals surface area contributed by atoms with Gasteiger partial charge in [0.1, 0.15) is 11.4 Å². The van der Waals surface area contributed by atoms with Crippen molar-refractivity contribution in [3.05, 3.63) is 64.1 Å². The first-order chi connectivity index (χ1) is 10.1. The fourth-order valence-electron chi connectivity index (χ4n) is 2.91. The zero-order chi connectivity index (χ0) is 14.9. The monoisotopic (exact) mass is 346 g/mol. The van der Waals surface area contributed by atoms with E-state index in [0.717, 1.165) is 28.6 Å². The van der Waals surface area contributed by atoms with Gasteiger partial charge in [-0.05, 0) is 43.5 Å². The van der Waals surface area contributed by atoms with E-state index in [1.165, 1.54) is 5.56 Å². The first kappa shape index (κ1) is 14.6. The molecule has 0 spiro atoms. The number of hydrogen-bond donors (Lipinski definition) is 1. The number of rotatable bonds is 3. The highest BCUT2D eigenvalue weighted by Crippen LogP contribution is 2.42. The lowest BCUT2D eigenvalue weighted by Crippen LogP contribution is -2.38.